The fraction of sp³-hybridized carbons (Fsp3) is 0.944. The van der Waals surface area contributed by atoms with Gasteiger partial charge in [0.25, 0.3) is 0 Å². The first-order chi connectivity index (χ1) is 11.2. The highest BCUT2D eigenvalue weighted by molar-refractivity contribution is 5.66. The number of carboxylic acid groups (broad SMARTS) is 1. The standard InChI is InChI=1S/C18H36O6/c1-2-3-11-14-17(21,22)18(23,24)15-12-9-7-5-4-6-8-10-13-16(19)20/h21-24H,2-15H2,1H3,(H,19,20). The molecule has 6 heteroatoms. The van der Waals surface area contributed by atoms with Crippen LogP contribution in [0.4, 0.5) is 0 Å². The minimum absolute atomic E-state index is 0.0375. The number of unbranched alkanes of at least 4 members (excludes halogenated alkanes) is 9. The van der Waals surface area contributed by atoms with Crippen molar-refractivity contribution in [1.82, 2.24) is 0 Å². The highest BCUT2D eigenvalue weighted by atomic mass is 16.6. The summed E-state index contributed by atoms with van der Waals surface area (Å²) < 4.78 is 0. The summed E-state index contributed by atoms with van der Waals surface area (Å²) in [5.74, 6) is -5.66. The van der Waals surface area contributed by atoms with Gasteiger partial charge in [-0.3, -0.25) is 4.79 Å². The van der Waals surface area contributed by atoms with Crippen molar-refractivity contribution in [3.63, 3.8) is 0 Å². The van der Waals surface area contributed by atoms with E-state index in [-0.39, 0.29) is 19.3 Å². The van der Waals surface area contributed by atoms with E-state index in [1.165, 1.54) is 0 Å². The second kappa shape index (κ2) is 12.6. The highest BCUT2D eigenvalue weighted by Crippen LogP contribution is 2.28. The van der Waals surface area contributed by atoms with E-state index in [2.05, 4.69) is 0 Å². The van der Waals surface area contributed by atoms with Gasteiger partial charge in [0, 0.05) is 19.3 Å². The van der Waals surface area contributed by atoms with Gasteiger partial charge in [-0.2, -0.15) is 0 Å². The molecule has 0 bridgehead atoms. The zero-order valence-electron chi connectivity index (χ0n) is 15.0. The van der Waals surface area contributed by atoms with Crippen LogP contribution in [-0.4, -0.2) is 43.1 Å². The molecule has 0 aliphatic carbocycles. The lowest BCUT2D eigenvalue weighted by atomic mass is 9.94. The summed E-state index contributed by atoms with van der Waals surface area (Å²) in [4.78, 5) is 10.4. The molecule has 0 aliphatic heterocycles. The van der Waals surface area contributed by atoms with Gasteiger partial charge in [0.15, 0.2) is 0 Å². The van der Waals surface area contributed by atoms with Crippen LogP contribution in [0.5, 0.6) is 0 Å². The first-order valence-electron chi connectivity index (χ1n) is 9.34. The van der Waals surface area contributed by atoms with Gasteiger partial charge in [-0.1, -0.05) is 58.3 Å². The van der Waals surface area contributed by atoms with Crippen LogP contribution in [0.2, 0.25) is 0 Å². The van der Waals surface area contributed by atoms with Crippen LogP contribution in [0.1, 0.15) is 96.8 Å². The largest absolute Gasteiger partial charge is 0.481 e. The molecule has 24 heavy (non-hydrogen) atoms. The van der Waals surface area contributed by atoms with Crippen molar-refractivity contribution in [3.05, 3.63) is 0 Å². The Morgan fingerprint density at radius 3 is 1.46 bits per heavy atom. The fourth-order valence-electron chi connectivity index (χ4n) is 2.73. The Bertz CT molecular complexity index is 327. The molecule has 0 aromatic carbocycles. The van der Waals surface area contributed by atoms with E-state index in [4.69, 9.17) is 5.11 Å². The summed E-state index contributed by atoms with van der Waals surface area (Å²) in [6.07, 6.45) is 9.48. The topological polar surface area (TPSA) is 118 Å². The first-order valence-corrected chi connectivity index (χ1v) is 9.34. The highest BCUT2D eigenvalue weighted by Gasteiger charge is 2.45. The van der Waals surface area contributed by atoms with Crippen molar-refractivity contribution in [2.45, 2.75) is 108 Å². The lowest BCUT2D eigenvalue weighted by molar-refractivity contribution is -0.361. The van der Waals surface area contributed by atoms with E-state index < -0.39 is 17.5 Å². The number of aliphatic hydroxyl groups is 4. The SMILES string of the molecule is CCCCCC(O)(O)C(O)(O)CCCCCCCCCCC(=O)O. The van der Waals surface area contributed by atoms with Crippen LogP contribution in [0.25, 0.3) is 0 Å². The van der Waals surface area contributed by atoms with Gasteiger partial charge in [0.1, 0.15) is 0 Å². The Morgan fingerprint density at radius 2 is 1.04 bits per heavy atom. The van der Waals surface area contributed by atoms with Gasteiger partial charge in [-0.05, 0) is 19.3 Å². The predicted molar refractivity (Wildman–Crippen MR) is 92.3 cm³/mol. The quantitative estimate of drug-likeness (QED) is 0.216. The van der Waals surface area contributed by atoms with E-state index >= 15 is 0 Å². The Labute approximate surface area is 145 Å². The summed E-state index contributed by atoms with van der Waals surface area (Å²) in [5.41, 5.74) is 0. The molecule has 0 unspecified atom stereocenters. The van der Waals surface area contributed by atoms with Crippen LogP contribution >= 0.6 is 0 Å². The van der Waals surface area contributed by atoms with E-state index in [1.807, 2.05) is 6.92 Å². The molecular weight excluding hydrogens is 312 g/mol. The summed E-state index contributed by atoms with van der Waals surface area (Å²) in [6.45, 7) is 1.99. The van der Waals surface area contributed by atoms with Crippen molar-refractivity contribution in [2.24, 2.45) is 0 Å². The van der Waals surface area contributed by atoms with Gasteiger partial charge < -0.3 is 25.5 Å². The van der Waals surface area contributed by atoms with Crippen LogP contribution in [0.15, 0.2) is 0 Å². The minimum Gasteiger partial charge on any atom is -0.481 e. The van der Waals surface area contributed by atoms with E-state index in [9.17, 15) is 25.2 Å². The second-order valence-electron chi connectivity index (χ2n) is 6.81. The molecule has 0 aromatic rings. The van der Waals surface area contributed by atoms with Crippen molar-refractivity contribution < 1.29 is 30.3 Å². The van der Waals surface area contributed by atoms with Crippen LogP contribution < -0.4 is 0 Å². The number of aliphatic carboxylic acids is 1. The molecule has 6 nitrogen and oxygen atoms in total. The summed E-state index contributed by atoms with van der Waals surface area (Å²) >= 11 is 0. The molecule has 0 fully saturated rings. The third-order valence-electron chi connectivity index (χ3n) is 4.44. The lowest BCUT2D eigenvalue weighted by Gasteiger charge is -2.35. The lowest BCUT2D eigenvalue weighted by Crippen LogP contribution is -2.54. The van der Waals surface area contributed by atoms with Crippen molar-refractivity contribution >= 4 is 5.97 Å². The van der Waals surface area contributed by atoms with Crippen molar-refractivity contribution in [3.8, 4) is 0 Å². The summed E-state index contributed by atoms with van der Waals surface area (Å²) in [6, 6.07) is 0. The van der Waals surface area contributed by atoms with Gasteiger partial charge in [0.05, 0.1) is 0 Å². The molecule has 0 saturated heterocycles. The zero-order valence-corrected chi connectivity index (χ0v) is 15.0. The average Bonchev–Trinajstić information content (AvgIpc) is 2.48. The van der Waals surface area contributed by atoms with Crippen LogP contribution in [-0.2, 0) is 4.79 Å². The maximum absolute atomic E-state index is 10.4. The number of hydrogen-bond donors (Lipinski definition) is 5. The fourth-order valence-corrected chi connectivity index (χ4v) is 2.73. The van der Waals surface area contributed by atoms with E-state index in [1.54, 1.807) is 0 Å². The molecule has 144 valence electrons. The Balaban J connectivity index is 3.68. The van der Waals surface area contributed by atoms with E-state index in [0.717, 1.165) is 57.8 Å². The third-order valence-corrected chi connectivity index (χ3v) is 4.44. The average molecular weight is 348 g/mol. The molecule has 0 saturated carbocycles. The van der Waals surface area contributed by atoms with Crippen molar-refractivity contribution in [2.75, 3.05) is 0 Å². The molecule has 5 N–H and O–H groups in total. The van der Waals surface area contributed by atoms with Gasteiger partial charge in [0.2, 0.25) is 11.6 Å². The van der Waals surface area contributed by atoms with Crippen LogP contribution in [0.3, 0.4) is 0 Å². The van der Waals surface area contributed by atoms with Gasteiger partial charge >= 0.3 is 5.97 Å². The molecule has 0 rings (SSSR count). The smallest absolute Gasteiger partial charge is 0.303 e. The summed E-state index contributed by atoms with van der Waals surface area (Å²) in [5, 5.41) is 48.0. The number of hydrogen-bond acceptors (Lipinski definition) is 5. The predicted octanol–water partition coefficient (Wildman–Crippen LogP) is 2.91. The molecular formula is C18H36O6. The molecule has 0 spiro atoms. The molecule has 0 aliphatic rings. The Kier molecular flexibility index (Phi) is 12.3. The number of rotatable bonds is 16. The molecule has 0 atom stereocenters. The molecule has 0 amide bonds. The molecule has 0 radical (unpaired) electrons. The molecule has 0 aromatic heterocycles. The zero-order chi connectivity index (χ0) is 18.5. The first kappa shape index (κ1) is 23.3. The monoisotopic (exact) mass is 348 g/mol. The summed E-state index contributed by atoms with van der Waals surface area (Å²) in [7, 11) is 0. The van der Waals surface area contributed by atoms with Gasteiger partial charge in [-0.15, -0.1) is 0 Å². The van der Waals surface area contributed by atoms with Crippen molar-refractivity contribution in [1.29, 1.82) is 0 Å². The van der Waals surface area contributed by atoms with Crippen LogP contribution in [0, 0.1) is 0 Å². The Hall–Kier alpha value is -0.690. The minimum atomic E-state index is -2.46. The Morgan fingerprint density at radius 1 is 0.667 bits per heavy atom. The molecule has 0 heterocycles. The third kappa shape index (κ3) is 11.0. The second-order valence-corrected chi connectivity index (χ2v) is 6.81. The maximum Gasteiger partial charge on any atom is 0.303 e. The number of carbonyl (C=O) groups is 1. The maximum atomic E-state index is 10.4. The van der Waals surface area contributed by atoms with Gasteiger partial charge in [-0.25, -0.2) is 0 Å². The number of carboxylic acids is 1. The normalized spacial score (nSPS) is 12.5. The van der Waals surface area contributed by atoms with E-state index in [0.29, 0.717) is 12.8 Å².